The molecule has 0 amide bonds. The molecular formula is C14H18N4O2S. The lowest BCUT2D eigenvalue weighted by molar-refractivity contribution is 0.355. The first kappa shape index (κ1) is 15.1. The normalized spacial score (nSPS) is 10.1. The number of aromatic nitrogens is 2. The van der Waals surface area contributed by atoms with E-state index in [0.717, 1.165) is 17.1 Å². The second-order valence-electron chi connectivity index (χ2n) is 4.42. The van der Waals surface area contributed by atoms with Crippen LogP contribution in [0.15, 0.2) is 24.4 Å². The predicted octanol–water partition coefficient (Wildman–Crippen LogP) is 2.55. The highest BCUT2D eigenvalue weighted by molar-refractivity contribution is 7.80. The Labute approximate surface area is 129 Å². The zero-order chi connectivity index (χ0) is 15.4. The fraction of sp³-hybridized carbons (Fsp3) is 0.286. The summed E-state index contributed by atoms with van der Waals surface area (Å²) in [6, 6.07) is 5.51. The number of nitrogens with one attached hydrogen (secondary N) is 2. The van der Waals surface area contributed by atoms with Crippen LogP contribution in [0.5, 0.6) is 11.5 Å². The van der Waals surface area contributed by atoms with Crippen molar-refractivity contribution >= 4 is 28.7 Å². The van der Waals surface area contributed by atoms with E-state index in [1.165, 1.54) is 0 Å². The molecule has 0 atom stereocenters. The van der Waals surface area contributed by atoms with Gasteiger partial charge in [0.15, 0.2) is 16.6 Å². The van der Waals surface area contributed by atoms with Crippen LogP contribution < -0.4 is 20.1 Å². The molecule has 0 saturated heterocycles. The van der Waals surface area contributed by atoms with Gasteiger partial charge in [0.05, 0.1) is 31.8 Å². The predicted molar refractivity (Wildman–Crippen MR) is 87.3 cm³/mol. The lowest BCUT2D eigenvalue weighted by Crippen LogP contribution is -2.19. The highest BCUT2D eigenvalue weighted by Gasteiger charge is 2.08. The summed E-state index contributed by atoms with van der Waals surface area (Å²) < 4.78 is 12.2. The van der Waals surface area contributed by atoms with Crippen molar-refractivity contribution in [2.24, 2.45) is 7.05 Å². The standard InChI is InChI=1S/C14H18N4O2S/c1-9-11(8-15-18(9)2)17-14(21)16-10-5-6-12(19-3)13(7-10)20-4/h5-8H,1-4H3,(H2,16,17,21). The fourth-order valence-corrected chi connectivity index (χ4v) is 2.05. The van der Waals surface area contributed by atoms with Gasteiger partial charge < -0.3 is 20.1 Å². The summed E-state index contributed by atoms with van der Waals surface area (Å²) in [5.74, 6) is 1.31. The van der Waals surface area contributed by atoms with Gasteiger partial charge in [-0.25, -0.2) is 0 Å². The SMILES string of the molecule is COc1ccc(NC(=S)Nc2cnn(C)c2C)cc1OC. The average molecular weight is 306 g/mol. The second kappa shape index (κ2) is 6.45. The van der Waals surface area contributed by atoms with E-state index in [1.807, 2.05) is 32.2 Å². The smallest absolute Gasteiger partial charge is 0.175 e. The highest BCUT2D eigenvalue weighted by atomic mass is 32.1. The van der Waals surface area contributed by atoms with Crippen molar-refractivity contribution < 1.29 is 9.47 Å². The molecule has 0 fully saturated rings. The Kier molecular flexibility index (Phi) is 4.64. The van der Waals surface area contributed by atoms with Gasteiger partial charge in [0.2, 0.25) is 0 Å². The molecule has 2 aromatic rings. The van der Waals surface area contributed by atoms with Gasteiger partial charge in [0, 0.05) is 18.8 Å². The molecule has 21 heavy (non-hydrogen) atoms. The molecular weight excluding hydrogens is 288 g/mol. The van der Waals surface area contributed by atoms with E-state index in [9.17, 15) is 0 Å². The van der Waals surface area contributed by atoms with E-state index in [1.54, 1.807) is 25.1 Å². The van der Waals surface area contributed by atoms with Gasteiger partial charge in [-0.05, 0) is 31.3 Å². The summed E-state index contributed by atoms with van der Waals surface area (Å²) in [4.78, 5) is 0. The van der Waals surface area contributed by atoms with Gasteiger partial charge in [-0.1, -0.05) is 0 Å². The molecule has 0 unspecified atom stereocenters. The molecule has 0 spiro atoms. The van der Waals surface area contributed by atoms with E-state index >= 15 is 0 Å². The maximum Gasteiger partial charge on any atom is 0.175 e. The minimum absolute atomic E-state index is 0.485. The van der Waals surface area contributed by atoms with E-state index in [-0.39, 0.29) is 0 Å². The van der Waals surface area contributed by atoms with Crippen LogP contribution in [0.1, 0.15) is 5.69 Å². The number of rotatable bonds is 4. The maximum absolute atomic E-state index is 5.30. The molecule has 2 rings (SSSR count). The molecule has 112 valence electrons. The van der Waals surface area contributed by atoms with Crippen molar-refractivity contribution in [3.05, 3.63) is 30.1 Å². The monoisotopic (exact) mass is 306 g/mol. The number of hydrogen-bond acceptors (Lipinski definition) is 4. The van der Waals surface area contributed by atoms with Crippen molar-refractivity contribution in [2.45, 2.75) is 6.92 Å². The summed E-state index contributed by atoms with van der Waals surface area (Å²) in [5.41, 5.74) is 2.69. The molecule has 1 aromatic heterocycles. The van der Waals surface area contributed by atoms with Crippen LogP contribution in [0.3, 0.4) is 0 Å². The second-order valence-corrected chi connectivity index (χ2v) is 4.82. The van der Waals surface area contributed by atoms with Crippen LogP contribution in [0.25, 0.3) is 0 Å². The quantitative estimate of drug-likeness (QED) is 0.847. The number of aryl methyl sites for hydroxylation is 1. The summed E-state index contributed by atoms with van der Waals surface area (Å²) in [6.07, 6.45) is 1.73. The van der Waals surface area contributed by atoms with E-state index in [0.29, 0.717) is 16.6 Å². The van der Waals surface area contributed by atoms with Crippen molar-refractivity contribution in [3.8, 4) is 11.5 Å². The lowest BCUT2D eigenvalue weighted by Gasteiger charge is -2.13. The molecule has 0 aliphatic rings. The minimum Gasteiger partial charge on any atom is -0.493 e. The molecule has 0 radical (unpaired) electrons. The minimum atomic E-state index is 0.485. The summed E-state index contributed by atoms with van der Waals surface area (Å²) >= 11 is 5.30. The van der Waals surface area contributed by atoms with Gasteiger partial charge in [-0.15, -0.1) is 0 Å². The molecule has 1 aromatic carbocycles. The Morgan fingerprint density at radius 3 is 2.48 bits per heavy atom. The number of anilines is 2. The Bertz CT molecular complexity index is 654. The van der Waals surface area contributed by atoms with E-state index < -0.39 is 0 Å². The number of methoxy groups -OCH3 is 2. The number of hydrogen-bond donors (Lipinski definition) is 2. The molecule has 0 aliphatic carbocycles. The largest absolute Gasteiger partial charge is 0.493 e. The molecule has 0 bridgehead atoms. The molecule has 0 aliphatic heterocycles. The summed E-state index contributed by atoms with van der Waals surface area (Å²) in [6.45, 7) is 1.97. The third-order valence-corrected chi connectivity index (χ3v) is 3.33. The third-order valence-electron chi connectivity index (χ3n) is 3.12. The van der Waals surface area contributed by atoms with Crippen LogP contribution in [-0.2, 0) is 7.05 Å². The first-order valence-electron chi connectivity index (χ1n) is 6.33. The van der Waals surface area contributed by atoms with Crippen LogP contribution in [0, 0.1) is 6.92 Å². The Balaban J connectivity index is 2.07. The number of benzene rings is 1. The van der Waals surface area contributed by atoms with Gasteiger partial charge in [-0.3, -0.25) is 4.68 Å². The summed E-state index contributed by atoms with van der Waals surface area (Å²) in [7, 11) is 5.07. The van der Waals surface area contributed by atoms with Gasteiger partial charge in [0.1, 0.15) is 0 Å². The van der Waals surface area contributed by atoms with Crippen LogP contribution in [-0.4, -0.2) is 29.1 Å². The van der Waals surface area contributed by atoms with Gasteiger partial charge in [-0.2, -0.15) is 5.10 Å². The number of ether oxygens (including phenoxy) is 2. The zero-order valence-electron chi connectivity index (χ0n) is 12.4. The first-order valence-corrected chi connectivity index (χ1v) is 6.74. The van der Waals surface area contributed by atoms with Crippen molar-refractivity contribution in [1.82, 2.24) is 9.78 Å². The van der Waals surface area contributed by atoms with Crippen LogP contribution in [0.2, 0.25) is 0 Å². The van der Waals surface area contributed by atoms with E-state index in [4.69, 9.17) is 21.7 Å². The maximum atomic E-state index is 5.30. The van der Waals surface area contributed by atoms with Crippen molar-refractivity contribution in [2.75, 3.05) is 24.9 Å². The Morgan fingerprint density at radius 2 is 1.90 bits per heavy atom. The van der Waals surface area contributed by atoms with E-state index in [2.05, 4.69) is 15.7 Å². The van der Waals surface area contributed by atoms with Crippen molar-refractivity contribution in [1.29, 1.82) is 0 Å². The van der Waals surface area contributed by atoms with Gasteiger partial charge in [0.25, 0.3) is 0 Å². The first-order chi connectivity index (χ1) is 10.0. The Hall–Kier alpha value is -2.28. The number of thiocarbonyl (C=S) groups is 1. The fourth-order valence-electron chi connectivity index (χ4n) is 1.82. The molecule has 2 N–H and O–H groups in total. The number of nitrogens with zero attached hydrogens (tertiary/aromatic N) is 2. The molecule has 1 heterocycles. The third kappa shape index (κ3) is 3.43. The van der Waals surface area contributed by atoms with Gasteiger partial charge >= 0.3 is 0 Å². The average Bonchev–Trinajstić information content (AvgIpc) is 2.79. The zero-order valence-corrected chi connectivity index (χ0v) is 13.2. The summed E-state index contributed by atoms with van der Waals surface area (Å²) in [5, 5.41) is 10.9. The lowest BCUT2D eigenvalue weighted by atomic mass is 10.3. The van der Waals surface area contributed by atoms with Crippen molar-refractivity contribution in [3.63, 3.8) is 0 Å². The van der Waals surface area contributed by atoms with Crippen LogP contribution >= 0.6 is 12.2 Å². The topological polar surface area (TPSA) is 60.3 Å². The highest BCUT2D eigenvalue weighted by Crippen LogP contribution is 2.29. The Morgan fingerprint density at radius 1 is 1.19 bits per heavy atom. The van der Waals surface area contributed by atoms with Crippen LogP contribution in [0.4, 0.5) is 11.4 Å². The molecule has 7 heteroatoms. The molecule has 0 saturated carbocycles. The molecule has 6 nitrogen and oxygen atoms in total.